The van der Waals surface area contributed by atoms with E-state index in [4.69, 9.17) is 9.47 Å². The van der Waals surface area contributed by atoms with Crippen LogP contribution in [0.3, 0.4) is 0 Å². The van der Waals surface area contributed by atoms with Crippen LogP contribution in [0.25, 0.3) is 0 Å². The molecule has 3 aliphatic heterocycles. The lowest BCUT2D eigenvalue weighted by molar-refractivity contribution is -0.154. The summed E-state index contributed by atoms with van der Waals surface area (Å²) in [5.41, 5.74) is 1.15. The molecular weight excluding hydrogens is 507 g/mol. The normalized spacial score (nSPS) is 28.6. The van der Waals surface area contributed by atoms with E-state index in [2.05, 4.69) is 0 Å². The number of carbonyl (C=O) groups excluding carboxylic acids is 3. The van der Waals surface area contributed by atoms with Crippen molar-refractivity contribution in [3.63, 3.8) is 0 Å². The second-order valence-corrected chi connectivity index (χ2v) is 14.7. The van der Waals surface area contributed by atoms with E-state index in [1.54, 1.807) is 30.1 Å². The lowest BCUT2D eigenvalue weighted by Gasteiger charge is -2.39. The van der Waals surface area contributed by atoms with Crippen molar-refractivity contribution in [3.8, 4) is 0 Å². The number of carbonyl (C=O) groups is 3. The zero-order valence-corrected chi connectivity index (χ0v) is 23.0. The first kappa shape index (κ1) is 26.5. The monoisotopic (exact) mass is 540 g/mol. The van der Waals surface area contributed by atoms with Crippen LogP contribution >= 0.6 is 0 Å². The Kier molecular flexibility index (Phi) is 6.69. The van der Waals surface area contributed by atoms with Gasteiger partial charge in [-0.3, -0.25) is 19.3 Å². The number of para-hydroxylation sites is 1. The van der Waals surface area contributed by atoms with Crippen LogP contribution in [-0.2, 0) is 36.0 Å². The number of amides is 2. The van der Waals surface area contributed by atoms with Gasteiger partial charge < -0.3 is 23.6 Å². The Morgan fingerprint density at radius 3 is 2.47 bits per heavy atom. The molecule has 10 heteroatoms. The molecule has 5 atom stereocenters. The van der Waals surface area contributed by atoms with Crippen molar-refractivity contribution in [1.29, 1.82) is 0 Å². The van der Waals surface area contributed by atoms with Gasteiger partial charge in [-0.05, 0) is 43.3 Å². The number of nitrogens with zero attached hydrogens (tertiary/aromatic N) is 2. The van der Waals surface area contributed by atoms with Gasteiger partial charge >= 0.3 is 5.97 Å². The summed E-state index contributed by atoms with van der Waals surface area (Å²) in [6, 6.07) is 14.7. The van der Waals surface area contributed by atoms with Crippen molar-refractivity contribution in [2.45, 2.75) is 69.8 Å². The smallest absolute Gasteiger partial charge is 0.304 e. The maximum Gasteiger partial charge on any atom is 0.304 e. The number of esters is 1. The highest BCUT2D eigenvalue weighted by molar-refractivity contribution is 6.72. The van der Waals surface area contributed by atoms with E-state index in [0.717, 1.165) is 16.8 Å². The molecule has 1 N–H and O–H groups in total. The zero-order valence-electron chi connectivity index (χ0n) is 22.0. The quantitative estimate of drug-likeness (QED) is 0.247. The number of β-lactam (4-membered cyclic amide) rings is 1. The minimum absolute atomic E-state index is 0.131. The summed E-state index contributed by atoms with van der Waals surface area (Å²) in [6.07, 6.45) is -0.728. The van der Waals surface area contributed by atoms with E-state index < -0.39 is 43.8 Å². The fourth-order valence-electron chi connectivity index (χ4n) is 6.48. The fraction of sp³-hybridized carbons (Fsp3) is 0.464. The van der Waals surface area contributed by atoms with Crippen molar-refractivity contribution in [3.05, 3.63) is 59.7 Å². The lowest BCUT2D eigenvalue weighted by atomic mass is 9.82. The first-order valence-corrected chi connectivity index (χ1v) is 15.9. The number of aliphatic hydroxyl groups is 1. The molecule has 0 saturated carbocycles. The third-order valence-electron chi connectivity index (χ3n) is 8.04. The van der Waals surface area contributed by atoms with Crippen molar-refractivity contribution < 1.29 is 33.1 Å². The van der Waals surface area contributed by atoms with Gasteiger partial charge in [0.2, 0.25) is 14.3 Å². The number of hydrogen-bond acceptors (Lipinski definition) is 6. The third-order valence-corrected chi connectivity index (χ3v) is 10.5. The van der Waals surface area contributed by atoms with Crippen molar-refractivity contribution in [1.82, 2.24) is 0 Å². The van der Waals surface area contributed by atoms with Gasteiger partial charge in [-0.2, -0.15) is 0 Å². The molecule has 1 unspecified atom stereocenters. The van der Waals surface area contributed by atoms with Crippen molar-refractivity contribution in [2.24, 2.45) is 5.92 Å². The predicted molar refractivity (Wildman–Crippen MR) is 141 cm³/mol. The number of ether oxygens (including phenoxy) is 2. The van der Waals surface area contributed by atoms with Gasteiger partial charge in [-0.15, -0.1) is 0 Å². The van der Waals surface area contributed by atoms with Gasteiger partial charge in [0.25, 0.3) is 5.91 Å². The van der Waals surface area contributed by atoms with Crippen LogP contribution in [0.1, 0.15) is 37.8 Å². The molecule has 202 valence electrons. The molecule has 3 aliphatic rings. The number of rotatable bonds is 7. The Morgan fingerprint density at radius 1 is 1.18 bits per heavy atom. The molecule has 2 fully saturated rings. The standard InChI is InChI=1S/C28H33FN2O6Si/c1-17-26(38(3,4)29)23(13-14-32)37-28(17)21-7-5-6-8-22(21)30(27(28)35)16-19-9-11-20(12-10-19)31-24(34)15-25(31)36-18(2)33/h5-12,17,23,25-26,32H,13-16H2,1-4H3/t17-,23+,25?,26-,28+/m0/s1. The largest absolute Gasteiger partial charge is 0.441 e. The van der Waals surface area contributed by atoms with E-state index >= 15 is 4.11 Å². The molecule has 8 nitrogen and oxygen atoms in total. The second-order valence-electron chi connectivity index (χ2n) is 10.9. The number of halogens is 1. The molecule has 2 amide bonds. The molecule has 0 bridgehead atoms. The first-order valence-electron chi connectivity index (χ1n) is 13.0. The summed E-state index contributed by atoms with van der Waals surface area (Å²) < 4.78 is 27.3. The van der Waals surface area contributed by atoms with Crippen LogP contribution in [0.2, 0.25) is 18.6 Å². The SMILES string of the molecule is CC(=O)OC1CC(=O)N1c1ccc(CN2C(=O)[C@]3(O[C@H](CCO)[C@@H]([Si](C)(C)F)[C@@H]3C)c3ccccc32)cc1. The predicted octanol–water partition coefficient (Wildman–Crippen LogP) is 4.02. The average molecular weight is 541 g/mol. The molecule has 1 spiro atoms. The van der Waals surface area contributed by atoms with Gasteiger partial charge in [-0.1, -0.05) is 37.3 Å². The third kappa shape index (κ3) is 4.15. The Morgan fingerprint density at radius 2 is 1.87 bits per heavy atom. The van der Waals surface area contributed by atoms with Crippen LogP contribution in [0.15, 0.2) is 48.5 Å². The minimum Gasteiger partial charge on any atom is -0.441 e. The molecular formula is C28H33FN2O6Si. The molecule has 3 heterocycles. The van der Waals surface area contributed by atoms with E-state index in [-0.39, 0.29) is 37.8 Å². The Hall–Kier alpha value is -3.08. The molecule has 38 heavy (non-hydrogen) atoms. The molecule has 0 aliphatic carbocycles. The van der Waals surface area contributed by atoms with E-state index in [1.807, 2.05) is 43.3 Å². The highest BCUT2D eigenvalue weighted by Crippen LogP contribution is 2.60. The Balaban J connectivity index is 1.43. The summed E-state index contributed by atoms with van der Waals surface area (Å²) in [5, 5.41) is 9.66. The van der Waals surface area contributed by atoms with E-state index in [0.29, 0.717) is 5.69 Å². The second kappa shape index (κ2) is 9.59. The first-order chi connectivity index (χ1) is 18.0. The summed E-state index contributed by atoms with van der Waals surface area (Å²) >= 11 is 0. The molecule has 2 aromatic rings. The van der Waals surface area contributed by atoms with Gasteiger partial charge in [0.1, 0.15) is 0 Å². The topological polar surface area (TPSA) is 96.4 Å². The summed E-state index contributed by atoms with van der Waals surface area (Å²) in [4.78, 5) is 40.8. The highest BCUT2D eigenvalue weighted by atomic mass is 28.4. The summed E-state index contributed by atoms with van der Waals surface area (Å²) in [6.45, 7) is 6.61. The highest BCUT2D eigenvalue weighted by Gasteiger charge is 2.66. The van der Waals surface area contributed by atoms with E-state index in [9.17, 15) is 19.5 Å². The fourth-order valence-corrected chi connectivity index (χ4v) is 9.03. The average Bonchev–Trinajstić information content (AvgIpc) is 3.27. The van der Waals surface area contributed by atoms with Gasteiger partial charge in [-0.25, -0.2) is 0 Å². The van der Waals surface area contributed by atoms with Crippen LogP contribution < -0.4 is 9.80 Å². The molecule has 0 radical (unpaired) electrons. The van der Waals surface area contributed by atoms with Gasteiger partial charge in [0, 0.05) is 36.2 Å². The number of benzene rings is 2. The Bertz CT molecular complexity index is 1260. The van der Waals surface area contributed by atoms with Crippen molar-refractivity contribution >= 4 is 37.6 Å². The number of fused-ring (bicyclic) bond motifs is 2. The zero-order chi connectivity index (χ0) is 27.4. The van der Waals surface area contributed by atoms with Crippen LogP contribution in [0.5, 0.6) is 0 Å². The Labute approximate surface area is 222 Å². The maximum absolute atomic E-state index is 15.6. The summed E-state index contributed by atoms with van der Waals surface area (Å²) in [5.74, 6) is -1.21. The van der Waals surface area contributed by atoms with Gasteiger partial charge in [0.15, 0.2) is 11.8 Å². The number of anilines is 2. The molecule has 0 aromatic heterocycles. The van der Waals surface area contributed by atoms with Gasteiger partial charge in [0.05, 0.1) is 24.8 Å². The maximum atomic E-state index is 15.6. The van der Waals surface area contributed by atoms with Crippen molar-refractivity contribution in [2.75, 3.05) is 16.4 Å². The van der Waals surface area contributed by atoms with Crippen LogP contribution in [0.4, 0.5) is 15.5 Å². The number of aliphatic hydroxyl groups excluding tert-OH is 1. The lowest BCUT2D eigenvalue weighted by Crippen LogP contribution is -2.54. The van der Waals surface area contributed by atoms with Crippen LogP contribution in [0, 0.1) is 5.92 Å². The molecule has 2 aromatic carbocycles. The summed E-state index contributed by atoms with van der Waals surface area (Å²) in [7, 11) is -3.24. The van der Waals surface area contributed by atoms with Crippen LogP contribution in [-0.4, -0.2) is 50.2 Å². The minimum atomic E-state index is -3.24. The molecule has 5 rings (SSSR count). The van der Waals surface area contributed by atoms with E-state index in [1.165, 1.54) is 11.8 Å². The number of hydrogen-bond donors (Lipinski definition) is 1. The molecule has 2 saturated heterocycles.